The highest BCUT2D eigenvalue weighted by molar-refractivity contribution is 7.39. The highest BCUT2D eigenvalue weighted by atomic mass is 31.1. The summed E-state index contributed by atoms with van der Waals surface area (Å²) in [4.78, 5) is 0. The second-order valence-corrected chi connectivity index (χ2v) is 6.91. The zero-order valence-corrected chi connectivity index (χ0v) is 10.3. The Labute approximate surface area is 90.3 Å². The van der Waals surface area contributed by atoms with Crippen LogP contribution in [0.15, 0.2) is 12.2 Å². The fourth-order valence-electron chi connectivity index (χ4n) is 2.81. The van der Waals surface area contributed by atoms with Crippen LogP contribution in [-0.2, 0) is 0 Å². The Kier molecular flexibility index (Phi) is 4.05. The third-order valence-electron chi connectivity index (χ3n) is 3.83. The van der Waals surface area contributed by atoms with Gasteiger partial charge < -0.3 is 0 Å². The molecule has 2 rings (SSSR count). The summed E-state index contributed by atoms with van der Waals surface area (Å²) in [6.07, 6.45) is 15.0. The van der Waals surface area contributed by atoms with Crippen molar-refractivity contribution in [1.82, 2.24) is 0 Å². The molecular weight excluding hydrogens is 187 g/mol. The van der Waals surface area contributed by atoms with Crippen LogP contribution >= 0.6 is 8.58 Å². The van der Waals surface area contributed by atoms with Crippen molar-refractivity contribution >= 4 is 8.58 Å². The van der Waals surface area contributed by atoms with Gasteiger partial charge in [0.05, 0.1) is 0 Å². The van der Waals surface area contributed by atoms with Crippen molar-refractivity contribution in [1.29, 1.82) is 0 Å². The van der Waals surface area contributed by atoms with E-state index in [1.807, 2.05) is 0 Å². The molecule has 0 N–H and O–H groups in total. The fourth-order valence-corrected chi connectivity index (χ4v) is 4.89. The van der Waals surface area contributed by atoms with Gasteiger partial charge in [0.15, 0.2) is 0 Å². The number of allylic oxidation sites excluding steroid dienone is 2. The van der Waals surface area contributed by atoms with E-state index in [0.717, 1.165) is 17.2 Å². The van der Waals surface area contributed by atoms with Crippen molar-refractivity contribution < 1.29 is 0 Å². The van der Waals surface area contributed by atoms with E-state index >= 15 is 0 Å². The third-order valence-corrected chi connectivity index (χ3v) is 6.11. The van der Waals surface area contributed by atoms with Crippen molar-refractivity contribution in [3.63, 3.8) is 0 Å². The van der Waals surface area contributed by atoms with Crippen molar-refractivity contribution in [2.45, 2.75) is 63.2 Å². The molecule has 4 atom stereocenters. The predicted molar refractivity (Wildman–Crippen MR) is 66.5 cm³/mol. The normalized spacial score (nSPS) is 39.4. The summed E-state index contributed by atoms with van der Waals surface area (Å²) in [6, 6.07) is 0. The molecular formula is C13H23P. The fraction of sp³-hybridized carbons (Fsp3) is 0.846. The van der Waals surface area contributed by atoms with Gasteiger partial charge in [0.25, 0.3) is 0 Å². The highest BCUT2D eigenvalue weighted by Crippen LogP contribution is 2.42. The summed E-state index contributed by atoms with van der Waals surface area (Å²) in [5, 5.41) is 0. The minimum Gasteiger partial charge on any atom is -0.115 e. The van der Waals surface area contributed by atoms with E-state index in [-0.39, 0.29) is 0 Å². The zero-order chi connectivity index (χ0) is 9.80. The van der Waals surface area contributed by atoms with Crippen molar-refractivity contribution in [2.75, 3.05) is 0 Å². The Balaban J connectivity index is 1.80. The molecule has 14 heavy (non-hydrogen) atoms. The van der Waals surface area contributed by atoms with Crippen LogP contribution in [0.4, 0.5) is 0 Å². The average Bonchev–Trinajstić information content (AvgIpc) is 2.23. The summed E-state index contributed by atoms with van der Waals surface area (Å²) in [6.45, 7) is 2.48. The first kappa shape index (κ1) is 10.7. The van der Waals surface area contributed by atoms with E-state index in [2.05, 4.69) is 19.1 Å². The SMILES string of the molecule is C[C@@H]1CCCCC1PC1CC=CCC1. The van der Waals surface area contributed by atoms with Gasteiger partial charge in [-0.2, -0.15) is 0 Å². The molecule has 3 unspecified atom stereocenters. The largest absolute Gasteiger partial charge is 0.115 e. The van der Waals surface area contributed by atoms with Gasteiger partial charge in [-0.15, -0.1) is 8.58 Å². The summed E-state index contributed by atoms with van der Waals surface area (Å²) in [7, 11) is 1.26. The molecule has 0 heterocycles. The van der Waals surface area contributed by atoms with Gasteiger partial charge in [-0.05, 0) is 42.9 Å². The summed E-state index contributed by atoms with van der Waals surface area (Å²) in [5.41, 5.74) is 2.13. The second-order valence-electron chi connectivity index (χ2n) is 5.02. The first-order chi connectivity index (χ1) is 6.86. The van der Waals surface area contributed by atoms with E-state index in [4.69, 9.17) is 0 Å². The van der Waals surface area contributed by atoms with Gasteiger partial charge in [-0.25, -0.2) is 0 Å². The summed E-state index contributed by atoms with van der Waals surface area (Å²) < 4.78 is 0. The Morgan fingerprint density at radius 1 is 1.07 bits per heavy atom. The van der Waals surface area contributed by atoms with Crippen molar-refractivity contribution in [3.05, 3.63) is 12.2 Å². The number of rotatable bonds is 2. The molecule has 0 bridgehead atoms. The Morgan fingerprint density at radius 2 is 1.93 bits per heavy atom. The summed E-state index contributed by atoms with van der Waals surface area (Å²) >= 11 is 0. The second kappa shape index (κ2) is 5.31. The molecule has 0 saturated heterocycles. The maximum atomic E-state index is 2.48. The van der Waals surface area contributed by atoms with Crippen LogP contribution < -0.4 is 0 Å². The van der Waals surface area contributed by atoms with E-state index < -0.39 is 0 Å². The van der Waals surface area contributed by atoms with E-state index in [0.29, 0.717) is 0 Å². The molecule has 2 aliphatic rings. The van der Waals surface area contributed by atoms with Gasteiger partial charge in [0, 0.05) is 0 Å². The maximum Gasteiger partial charge on any atom is -0.0197 e. The molecule has 1 fully saturated rings. The van der Waals surface area contributed by atoms with Crippen LogP contribution in [0.5, 0.6) is 0 Å². The highest BCUT2D eigenvalue weighted by Gasteiger charge is 2.24. The van der Waals surface area contributed by atoms with Gasteiger partial charge in [-0.1, -0.05) is 38.3 Å². The lowest BCUT2D eigenvalue weighted by Gasteiger charge is -2.32. The Bertz CT molecular complexity index is 197. The molecule has 0 aliphatic heterocycles. The molecule has 0 aromatic rings. The smallest absolute Gasteiger partial charge is 0.0197 e. The van der Waals surface area contributed by atoms with Crippen LogP contribution in [0.25, 0.3) is 0 Å². The molecule has 0 amide bonds. The van der Waals surface area contributed by atoms with Crippen molar-refractivity contribution in [2.24, 2.45) is 5.92 Å². The third kappa shape index (κ3) is 2.83. The standard InChI is InChI=1S/C13H23P/c1-11-7-5-6-10-13(11)14-12-8-3-2-4-9-12/h2-3,11-14H,4-10H2,1H3/t11-,12?,13?/m1/s1. The first-order valence-electron chi connectivity index (χ1n) is 6.27. The monoisotopic (exact) mass is 210 g/mol. The van der Waals surface area contributed by atoms with Crippen molar-refractivity contribution in [3.8, 4) is 0 Å². The molecule has 0 nitrogen and oxygen atoms in total. The van der Waals surface area contributed by atoms with E-state index in [9.17, 15) is 0 Å². The number of hydrogen-bond acceptors (Lipinski definition) is 0. The van der Waals surface area contributed by atoms with Gasteiger partial charge in [-0.3, -0.25) is 0 Å². The van der Waals surface area contributed by atoms with Crippen LogP contribution in [0, 0.1) is 5.92 Å². The minimum absolute atomic E-state index is 1.02. The molecule has 0 aromatic heterocycles. The molecule has 0 radical (unpaired) electrons. The molecule has 0 aromatic carbocycles. The minimum atomic E-state index is 1.02. The Morgan fingerprint density at radius 3 is 2.64 bits per heavy atom. The molecule has 80 valence electrons. The zero-order valence-electron chi connectivity index (χ0n) is 9.34. The van der Waals surface area contributed by atoms with Crippen LogP contribution in [0.2, 0.25) is 0 Å². The van der Waals surface area contributed by atoms with Crippen LogP contribution in [-0.4, -0.2) is 11.3 Å². The average molecular weight is 210 g/mol. The number of hydrogen-bond donors (Lipinski definition) is 0. The summed E-state index contributed by atoms with van der Waals surface area (Å²) in [5.74, 6) is 1.02. The molecule has 1 heteroatoms. The maximum absolute atomic E-state index is 2.48. The van der Waals surface area contributed by atoms with Gasteiger partial charge >= 0.3 is 0 Å². The van der Waals surface area contributed by atoms with Gasteiger partial charge in [0.1, 0.15) is 0 Å². The van der Waals surface area contributed by atoms with Crippen LogP contribution in [0.3, 0.4) is 0 Å². The first-order valence-corrected chi connectivity index (χ1v) is 7.43. The Hall–Kier alpha value is 0.170. The topological polar surface area (TPSA) is 0 Å². The van der Waals surface area contributed by atoms with Gasteiger partial charge in [0.2, 0.25) is 0 Å². The lowest BCUT2D eigenvalue weighted by Crippen LogP contribution is -2.21. The molecule has 2 aliphatic carbocycles. The van der Waals surface area contributed by atoms with E-state index in [1.54, 1.807) is 0 Å². The lowest BCUT2D eigenvalue weighted by atomic mass is 9.90. The molecule has 0 spiro atoms. The quantitative estimate of drug-likeness (QED) is 0.469. The molecule has 1 saturated carbocycles. The predicted octanol–water partition coefficient (Wildman–Crippen LogP) is 4.35. The lowest BCUT2D eigenvalue weighted by molar-refractivity contribution is 0.393. The van der Waals surface area contributed by atoms with E-state index in [1.165, 1.54) is 53.5 Å². The van der Waals surface area contributed by atoms with Crippen LogP contribution in [0.1, 0.15) is 51.9 Å².